The SMILES string of the molecule is COc1ccc(C(OC[C@H]2O[C@@H](n3ccc(=O)[nH]c3=O)[C@H](OC)[C@@H]2OP2(=O)OCCCc3cn(c(=O)[nH]c3=O)[C@@H]3O[C@H](CO2)[C@@H](OP(OCCC#N)N(C(C)C)C(C)C)[C@H]3OC)(c2ccccc2)c2ccc(OC)cc2)cc1. The van der Waals surface area contributed by atoms with Gasteiger partial charge in [0.1, 0.15) is 53.7 Å². The van der Waals surface area contributed by atoms with E-state index in [0.29, 0.717) is 28.2 Å². The molecule has 10 atom stereocenters. The van der Waals surface area contributed by atoms with E-state index >= 15 is 4.57 Å². The van der Waals surface area contributed by atoms with Crippen LogP contribution in [0.5, 0.6) is 11.5 Å². The van der Waals surface area contributed by atoms with Crippen LogP contribution in [0, 0.1) is 11.3 Å². The van der Waals surface area contributed by atoms with Crippen LogP contribution in [-0.2, 0) is 62.9 Å². The maximum Gasteiger partial charge on any atom is 0.475 e. The highest BCUT2D eigenvalue weighted by Crippen LogP contribution is 2.56. The highest BCUT2D eigenvalue weighted by atomic mass is 31.2. The number of aromatic nitrogens is 4. The second-order valence-electron chi connectivity index (χ2n) is 19.1. The summed E-state index contributed by atoms with van der Waals surface area (Å²) in [6, 6.07) is 27.2. The van der Waals surface area contributed by atoms with Gasteiger partial charge in [0.05, 0.1) is 53.1 Å². The molecule has 8 rings (SSSR count). The smallest absolute Gasteiger partial charge is 0.475 e. The second kappa shape index (κ2) is 26.1. The zero-order valence-electron chi connectivity index (χ0n) is 44.6. The van der Waals surface area contributed by atoms with E-state index in [1.165, 1.54) is 31.2 Å². The van der Waals surface area contributed by atoms with Crippen LogP contribution in [0.25, 0.3) is 0 Å². The third-order valence-corrected chi connectivity index (χ3v) is 17.1. The second-order valence-corrected chi connectivity index (χ2v) is 22.1. The first-order valence-corrected chi connectivity index (χ1v) is 28.0. The largest absolute Gasteiger partial charge is 0.497 e. The molecule has 3 aliphatic rings. The summed E-state index contributed by atoms with van der Waals surface area (Å²) in [6.45, 7) is 6.71. The quantitative estimate of drug-likeness (QED) is 0.0479. The maximum absolute atomic E-state index is 15.7. The van der Waals surface area contributed by atoms with Gasteiger partial charge in [-0.15, -0.1) is 0 Å². The molecule has 0 saturated carbocycles. The molecule has 5 heterocycles. The number of hydrogen-bond acceptors (Lipinski definition) is 19. The number of hydrogen-bond donors (Lipinski definition) is 2. The van der Waals surface area contributed by atoms with Gasteiger partial charge in [0.25, 0.3) is 19.6 Å². The van der Waals surface area contributed by atoms with E-state index in [0.717, 1.165) is 10.6 Å². The molecule has 78 heavy (non-hydrogen) atoms. The number of nitrogens with zero attached hydrogens (tertiary/aromatic N) is 4. The Hall–Kier alpha value is -5.67. The zero-order chi connectivity index (χ0) is 55.7. The van der Waals surface area contributed by atoms with Gasteiger partial charge in [0.15, 0.2) is 12.5 Å². The van der Waals surface area contributed by atoms with E-state index in [2.05, 4.69) is 16.0 Å². The average Bonchev–Trinajstić information content (AvgIpc) is 3.97. The van der Waals surface area contributed by atoms with Crippen molar-refractivity contribution in [1.29, 1.82) is 5.26 Å². The molecule has 0 radical (unpaired) electrons. The Morgan fingerprint density at radius 2 is 1.37 bits per heavy atom. The Morgan fingerprint density at radius 3 is 1.96 bits per heavy atom. The molecule has 0 aliphatic carbocycles. The molecule has 25 heteroatoms. The number of fused-ring (bicyclic) bond motifs is 5. The molecule has 5 aromatic rings. The van der Waals surface area contributed by atoms with Gasteiger partial charge in [-0.25, -0.2) is 18.8 Å². The Morgan fingerprint density at radius 1 is 0.769 bits per heavy atom. The minimum Gasteiger partial charge on any atom is -0.497 e. The van der Waals surface area contributed by atoms with Crippen molar-refractivity contribution < 1.29 is 60.3 Å². The third kappa shape index (κ3) is 12.7. The van der Waals surface area contributed by atoms with Crippen LogP contribution in [0.1, 0.15) is 75.2 Å². The van der Waals surface area contributed by atoms with Crippen molar-refractivity contribution in [2.45, 2.75) is 114 Å². The predicted octanol–water partition coefficient (Wildman–Crippen LogP) is 6.07. The molecule has 2 N–H and O–H groups in total. The fourth-order valence-corrected chi connectivity index (χ4v) is 13.1. The number of phosphoric acid groups is 1. The Kier molecular flexibility index (Phi) is 19.5. The highest BCUT2D eigenvalue weighted by molar-refractivity contribution is 7.48. The fraction of sp³-hybridized carbons (Fsp3) is 0.491. The molecular formula is C53H66N6O17P2. The van der Waals surface area contributed by atoms with Gasteiger partial charge in [-0.1, -0.05) is 54.6 Å². The van der Waals surface area contributed by atoms with Crippen LogP contribution >= 0.6 is 16.3 Å². The zero-order valence-corrected chi connectivity index (χ0v) is 46.4. The van der Waals surface area contributed by atoms with Gasteiger partial charge >= 0.3 is 19.2 Å². The molecule has 2 aromatic heterocycles. The molecule has 3 aromatic carbocycles. The molecule has 2 unspecified atom stereocenters. The molecule has 0 amide bonds. The summed E-state index contributed by atoms with van der Waals surface area (Å²) in [4.78, 5) is 57.5. The molecule has 0 spiro atoms. The molecule has 3 aliphatic heterocycles. The minimum atomic E-state index is -4.90. The van der Waals surface area contributed by atoms with Crippen LogP contribution < -0.4 is 32.0 Å². The number of nitriles is 1. The molecule has 2 saturated heterocycles. The number of aromatic amines is 2. The van der Waals surface area contributed by atoms with Crippen molar-refractivity contribution in [3.63, 3.8) is 0 Å². The standard InChI is InChI=1S/C53H66N6O17P2/c1-33(2)59(34(3)4)77(70-28-13-26-54)75-44-42-32-72-78(64,71-29-12-14-35-30-58(52(63)56-48(35)61)50(74-42)46(44)67-7)76-45-41(73-49(47(45)68-8)57-27-25-43(60)55-51(57)62)31-69-53(36-15-10-9-11-16-36,37-17-21-39(65-5)22-18-37)38-19-23-40(66-6)24-20-38/h9-11,15-25,27,30,33-34,41-42,44-47,49-50H,12-14,28-29,31-32H2,1-8H3,(H,55,60,62)(H,56,61,63)/t41-,42-,44-,45-,46-,47-,49-,50-,77?,78?/m1/s1. The highest BCUT2D eigenvalue weighted by Gasteiger charge is 2.54. The number of ether oxygens (including phenoxy) is 7. The Bertz CT molecular complexity index is 3060. The van der Waals surface area contributed by atoms with Crippen molar-refractivity contribution >= 4 is 16.3 Å². The van der Waals surface area contributed by atoms with Gasteiger partial charge in [-0.05, 0) is 81.5 Å². The van der Waals surface area contributed by atoms with Crippen LogP contribution in [0.15, 0.2) is 117 Å². The number of methoxy groups -OCH3 is 4. The van der Waals surface area contributed by atoms with Crippen molar-refractivity contribution in [1.82, 2.24) is 23.8 Å². The van der Waals surface area contributed by atoms with Gasteiger partial charge in [0, 0.05) is 50.3 Å². The van der Waals surface area contributed by atoms with E-state index in [-0.39, 0.29) is 56.7 Å². The van der Waals surface area contributed by atoms with Gasteiger partial charge in [-0.3, -0.25) is 42.3 Å². The maximum atomic E-state index is 15.7. The Balaban J connectivity index is 1.21. The molecule has 2 fully saturated rings. The number of rotatable bonds is 21. The summed E-state index contributed by atoms with van der Waals surface area (Å²) < 4.78 is 96.1. The lowest BCUT2D eigenvalue weighted by atomic mass is 9.80. The summed E-state index contributed by atoms with van der Waals surface area (Å²) in [5.41, 5.74) is -2.06. The summed E-state index contributed by atoms with van der Waals surface area (Å²) in [5, 5.41) is 9.45. The number of benzene rings is 3. The van der Waals surface area contributed by atoms with Crippen LogP contribution in [0.4, 0.5) is 0 Å². The van der Waals surface area contributed by atoms with Crippen molar-refractivity contribution in [2.24, 2.45) is 0 Å². The molecule has 420 valence electrons. The number of aryl methyl sites for hydroxylation is 1. The average molecular weight is 1120 g/mol. The lowest BCUT2D eigenvalue weighted by Crippen LogP contribution is -2.43. The van der Waals surface area contributed by atoms with Crippen LogP contribution in [-0.4, -0.2) is 127 Å². The monoisotopic (exact) mass is 1120 g/mol. The van der Waals surface area contributed by atoms with Gasteiger partial charge in [-0.2, -0.15) is 5.26 Å². The number of H-pyrrole nitrogens is 2. The molecule has 23 nitrogen and oxygen atoms in total. The van der Waals surface area contributed by atoms with Crippen molar-refractivity contribution in [3.8, 4) is 17.6 Å². The van der Waals surface area contributed by atoms with Gasteiger partial charge in [0.2, 0.25) is 0 Å². The van der Waals surface area contributed by atoms with E-state index in [1.54, 1.807) is 14.2 Å². The summed E-state index contributed by atoms with van der Waals surface area (Å²) in [7, 11) is -0.977. The normalized spacial score (nSPS) is 25.1. The van der Waals surface area contributed by atoms with Crippen LogP contribution in [0.2, 0.25) is 0 Å². The summed E-state index contributed by atoms with van der Waals surface area (Å²) in [5.74, 6) is 1.19. The summed E-state index contributed by atoms with van der Waals surface area (Å²) in [6.07, 6.45) is -7.03. The lowest BCUT2D eigenvalue weighted by Gasteiger charge is -2.38. The molecular weight excluding hydrogens is 1050 g/mol. The van der Waals surface area contributed by atoms with Crippen molar-refractivity contribution in [3.05, 3.63) is 161 Å². The first kappa shape index (κ1) is 58.5. The number of phosphoric ester groups is 1. The molecule has 4 bridgehead atoms. The van der Waals surface area contributed by atoms with Crippen molar-refractivity contribution in [2.75, 3.05) is 54.9 Å². The van der Waals surface area contributed by atoms with E-state index in [9.17, 15) is 24.4 Å². The lowest BCUT2D eigenvalue weighted by molar-refractivity contribution is -0.0976. The van der Waals surface area contributed by atoms with E-state index in [4.69, 9.17) is 55.8 Å². The van der Waals surface area contributed by atoms with Gasteiger partial charge < -0.3 is 42.2 Å². The first-order chi connectivity index (χ1) is 37.6. The van der Waals surface area contributed by atoms with E-state index < -0.39 is 100 Å². The topological polar surface area (TPSA) is 265 Å². The van der Waals surface area contributed by atoms with E-state index in [1.807, 2.05) is 111 Å². The predicted molar refractivity (Wildman–Crippen MR) is 283 cm³/mol. The fourth-order valence-electron chi connectivity index (χ4n) is 9.94. The first-order valence-electron chi connectivity index (χ1n) is 25.4. The Labute approximate surface area is 451 Å². The third-order valence-electron chi connectivity index (χ3n) is 13.6. The minimum absolute atomic E-state index is 0.0292. The number of nitrogens with one attached hydrogen (secondary N) is 2. The summed E-state index contributed by atoms with van der Waals surface area (Å²) >= 11 is 0. The van der Waals surface area contributed by atoms with Crippen LogP contribution in [0.3, 0.4) is 0 Å².